The lowest BCUT2D eigenvalue weighted by Crippen LogP contribution is -2.55. The maximum absolute atomic E-state index is 12.2. The zero-order chi connectivity index (χ0) is 19.8. The van der Waals surface area contributed by atoms with Crippen molar-refractivity contribution in [3.63, 3.8) is 0 Å². The molecule has 2 amide bonds. The zero-order valence-electron chi connectivity index (χ0n) is 16.5. The van der Waals surface area contributed by atoms with Crippen molar-refractivity contribution in [3.05, 3.63) is 23.8 Å². The van der Waals surface area contributed by atoms with Gasteiger partial charge in [-0.05, 0) is 56.5 Å². The second kappa shape index (κ2) is 10.2. The van der Waals surface area contributed by atoms with E-state index in [9.17, 15) is 9.59 Å². The van der Waals surface area contributed by atoms with E-state index in [0.717, 1.165) is 42.7 Å². The molecule has 0 heterocycles. The number of anilines is 1. The predicted molar refractivity (Wildman–Crippen MR) is 105 cm³/mol. The van der Waals surface area contributed by atoms with Crippen molar-refractivity contribution < 1.29 is 19.4 Å². The third kappa shape index (κ3) is 6.43. The fourth-order valence-electron chi connectivity index (χ4n) is 3.22. The molecule has 0 bridgehead atoms. The van der Waals surface area contributed by atoms with Crippen molar-refractivity contribution in [2.24, 2.45) is 0 Å². The van der Waals surface area contributed by atoms with Crippen LogP contribution >= 0.6 is 0 Å². The van der Waals surface area contributed by atoms with E-state index >= 15 is 0 Å². The van der Waals surface area contributed by atoms with Gasteiger partial charge in [0.15, 0.2) is 0 Å². The van der Waals surface area contributed by atoms with Crippen LogP contribution in [0.5, 0.6) is 5.75 Å². The lowest BCUT2D eigenvalue weighted by molar-refractivity contribution is -0.139. The number of rotatable bonds is 10. The minimum absolute atomic E-state index is 0.0476. The second-order valence-corrected chi connectivity index (χ2v) is 7.06. The molecule has 0 aromatic heterocycles. The van der Waals surface area contributed by atoms with Crippen LogP contribution in [0, 0.1) is 6.92 Å². The standard InChI is InChI=1S/C20H31N3O4/c1-4-6-9-27-17-7-8-18(14(3)10-17)22-20(26)21-15-11-16(12-15)23(5-2)13-19(24)25/h7-8,10,15-16H,4-6,9,11-13H2,1-3H3,(H,24,25)(H2,21,22,26). The van der Waals surface area contributed by atoms with Crippen molar-refractivity contribution in [2.45, 2.75) is 58.5 Å². The van der Waals surface area contributed by atoms with Crippen LogP contribution < -0.4 is 15.4 Å². The number of amides is 2. The van der Waals surface area contributed by atoms with Crippen molar-refractivity contribution in [3.8, 4) is 5.75 Å². The van der Waals surface area contributed by atoms with Gasteiger partial charge in [0.25, 0.3) is 0 Å². The maximum Gasteiger partial charge on any atom is 0.319 e. The highest BCUT2D eigenvalue weighted by molar-refractivity contribution is 5.90. The van der Waals surface area contributed by atoms with Crippen molar-refractivity contribution in [1.82, 2.24) is 10.2 Å². The summed E-state index contributed by atoms with van der Waals surface area (Å²) >= 11 is 0. The number of hydrogen-bond donors (Lipinski definition) is 3. The average molecular weight is 377 g/mol. The highest BCUT2D eigenvalue weighted by Gasteiger charge is 2.34. The third-order valence-corrected chi connectivity index (χ3v) is 4.92. The highest BCUT2D eigenvalue weighted by atomic mass is 16.5. The van der Waals surface area contributed by atoms with E-state index in [1.165, 1.54) is 0 Å². The number of carbonyl (C=O) groups is 2. The van der Waals surface area contributed by atoms with Gasteiger partial charge in [0.2, 0.25) is 0 Å². The van der Waals surface area contributed by atoms with E-state index < -0.39 is 5.97 Å². The summed E-state index contributed by atoms with van der Waals surface area (Å²) < 4.78 is 5.68. The van der Waals surface area contributed by atoms with Crippen LogP contribution in [0.25, 0.3) is 0 Å². The fraction of sp³-hybridized carbons (Fsp3) is 0.600. The smallest absolute Gasteiger partial charge is 0.319 e. The summed E-state index contributed by atoms with van der Waals surface area (Å²) in [6.07, 6.45) is 3.66. The molecule has 150 valence electrons. The molecule has 0 spiro atoms. The molecular weight excluding hydrogens is 346 g/mol. The van der Waals surface area contributed by atoms with Gasteiger partial charge in [0.1, 0.15) is 5.75 Å². The Bertz CT molecular complexity index is 644. The Morgan fingerprint density at radius 3 is 2.63 bits per heavy atom. The number of carboxylic acids is 1. The molecule has 7 heteroatoms. The average Bonchev–Trinajstić information content (AvgIpc) is 2.58. The number of likely N-dealkylation sites (N-methyl/N-ethyl adjacent to an activating group) is 1. The number of unbranched alkanes of at least 4 members (excludes halogenated alkanes) is 1. The van der Waals surface area contributed by atoms with Gasteiger partial charge in [-0.1, -0.05) is 20.3 Å². The summed E-state index contributed by atoms with van der Waals surface area (Å²) in [6, 6.07) is 5.71. The molecule has 7 nitrogen and oxygen atoms in total. The summed E-state index contributed by atoms with van der Waals surface area (Å²) in [5.74, 6) is -0.00423. The summed E-state index contributed by atoms with van der Waals surface area (Å²) in [7, 11) is 0. The van der Waals surface area contributed by atoms with Crippen LogP contribution in [0.2, 0.25) is 0 Å². The van der Waals surface area contributed by atoms with Gasteiger partial charge in [-0.3, -0.25) is 9.69 Å². The maximum atomic E-state index is 12.2. The first kappa shape index (κ1) is 21.0. The van der Waals surface area contributed by atoms with Crippen LogP contribution in [0.15, 0.2) is 18.2 Å². The number of carbonyl (C=O) groups excluding carboxylic acids is 1. The SMILES string of the molecule is CCCCOc1ccc(NC(=O)NC2CC(N(CC)CC(=O)O)C2)c(C)c1. The molecule has 2 rings (SSSR count). The van der Waals surface area contributed by atoms with Gasteiger partial charge in [0.05, 0.1) is 13.2 Å². The predicted octanol–water partition coefficient (Wildman–Crippen LogP) is 3.23. The van der Waals surface area contributed by atoms with Crippen LogP contribution in [0.3, 0.4) is 0 Å². The summed E-state index contributed by atoms with van der Waals surface area (Å²) in [5, 5.41) is 14.8. The Morgan fingerprint density at radius 2 is 2.04 bits per heavy atom. The molecule has 0 unspecified atom stereocenters. The van der Waals surface area contributed by atoms with Gasteiger partial charge in [-0.15, -0.1) is 0 Å². The second-order valence-electron chi connectivity index (χ2n) is 7.06. The molecule has 0 atom stereocenters. The van der Waals surface area contributed by atoms with Gasteiger partial charge in [-0.25, -0.2) is 4.79 Å². The van der Waals surface area contributed by atoms with Crippen molar-refractivity contribution >= 4 is 17.7 Å². The van der Waals surface area contributed by atoms with E-state index in [1.807, 2.05) is 36.9 Å². The number of carboxylic acid groups (broad SMARTS) is 1. The number of hydrogen-bond acceptors (Lipinski definition) is 4. The summed E-state index contributed by atoms with van der Waals surface area (Å²) in [6.45, 7) is 7.45. The molecular formula is C20H31N3O4. The van der Waals surface area contributed by atoms with Gasteiger partial charge < -0.3 is 20.5 Å². The largest absolute Gasteiger partial charge is 0.494 e. The molecule has 1 fully saturated rings. The van der Waals surface area contributed by atoms with E-state index in [2.05, 4.69) is 17.6 Å². The van der Waals surface area contributed by atoms with E-state index in [1.54, 1.807) is 0 Å². The molecule has 0 saturated heterocycles. The summed E-state index contributed by atoms with van der Waals surface area (Å²) in [5.41, 5.74) is 1.71. The van der Waals surface area contributed by atoms with Gasteiger partial charge in [0, 0.05) is 17.8 Å². The van der Waals surface area contributed by atoms with Crippen molar-refractivity contribution in [2.75, 3.05) is 25.0 Å². The topological polar surface area (TPSA) is 90.9 Å². The summed E-state index contributed by atoms with van der Waals surface area (Å²) in [4.78, 5) is 25.0. The number of aryl methyl sites for hydroxylation is 1. The number of urea groups is 1. The quantitative estimate of drug-likeness (QED) is 0.545. The van der Waals surface area contributed by atoms with Crippen LogP contribution in [-0.4, -0.2) is 53.8 Å². The Balaban J connectivity index is 1.77. The van der Waals surface area contributed by atoms with E-state index in [0.29, 0.717) is 13.2 Å². The van der Waals surface area contributed by atoms with Crippen LogP contribution in [-0.2, 0) is 4.79 Å². The lowest BCUT2D eigenvalue weighted by atomic mass is 9.85. The normalized spacial score (nSPS) is 18.7. The Hall–Kier alpha value is -2.28. The highest BCUT2D eigenvalue weighted by Crippen LogP contribution is 2.26. The van der Waals surface area contributed by atoms with Crippen LogP contribution in [0.4, 0.5) is 10.5 Å². The van der Waals surface area contributed by atoms with E-state index in [4.69, 9.17) is 9.84 Å². The van der Waals surface area contributed by atoms with E-state index in [-0.39, 0.29) is 24.7 Å². The lowest BCUT2D eigenvalue weighted by Gasteiger charge is -2.42. The molecule has 3 N–H and O–H groups in total. The number of nitrogens with zero attached hydrogens (tertiary/aromatic N) is 1. The van der Waals surface area contributed by atoms with Gasteiger partial charge in [-0.2, -0.15) is 0 Å². The molecule has 0 radical (unpaired) electrons. The Labute approximate surface area is 161 Å². The first-order valence-electron chi connectivity index (χ1n) is 9.69. The molecule has 1 aromatic carbocycles. The molecule has 0 aliphatic heterocycles. The first-order valence-corrected chi connectivity index (χ1v) is 9.69. The van der Waals surface area contributed by atoms with Crippen LogP contribution in [0.1, 0.15) is 45.1 Å². The minimum Gasteiger partial charge on any atom is -0.494 e. The molecule has 1 aliphatic carbocycles. The molecule has 1 aromatic rings. The molecule has 1 aliphatic rings. The zero-order valence-corrected chi connectivity index (χ0v) is 16.5. The van der Waals surface area contributed by atoms with Crippen molar-refractivity contribution in [1.29, 1.82) is 0 Å². The number of aliphatic carboxylic acids is 1. The third-order valence-electron chi connectivity index (χ3n) is 4.92. The minimum atomic E-state index is -0.816. The first-order chi connectivity index (χ1) is 12.9. The Morgan fingerprint density at radius 1 is 1.30 bits per heavy atom. The van der Waals surface area contributed by atoms with Gasteiger partial charge >= 0.3 is 12.0 Å². The number of ether oxygens (including phenoxy) is 1. The monoisotopic (exact) mass is 377 g/mol. The fourth-order valence-corrected chi connectivity index (χ4v) is 3.22. The number of benzene rings is 1. The Kier molecular flexibility index (Phi) is 7.91. The molecule has 1 saturated carbocycles. The molecule has 27 heavy (non-hydrogen) atoms. The number of nitrogens with one attached hydrogen (secondary N) is 2.